The Hall–Kier alpha value is -3.08. The standard InChI is InChI=1S/C21H20FN3O/c1-15-4-6-16(7-5-15)20-19-3-2-12-24(19)13-14-25(20)21(26)23-18-10-8-17(22)9-11-18/h2-12,20H,13-14H2,1H3,(H,23,26)/t20-/m1/s1. The third-order valence-corrected chi connectivity index (χ3v) is 4.79. The van der Waals surface area contributed by atoms with E-state index in [2.05, 4.69) is 40.2 Å². The van der Waals surface area contributed by atoms with Gasteiger partial charge in [0.1, 0.15) is 5.82 Å². The Labute approximate surface area is 151 Å². The number of nitrogens with one attached hydrogen (secondary N) is 1. The molecule has 0 saturated carbocycles. The molecule has 1 N–H and O–H groups in total. The van der Waals surface area contributed by atoms with Gasteiger partial charge in [-0.05, 0) is 48.9 Å². The van der Waals surface area contributed by atoms with Gasteiger partial charge in [-0.3, -0.25) is 0 Å². The van der Waals surface area contributed by atoms with Crippen LogP contribution in [0.3, 0.4) is 0 Å². The summed E-state index contributed by atoms with van der Waals surface area (Å²) >= 11 is 0. The fourth-order valence-corrected chi connectivity index (χ4v) is 3.43. The maximum Gasteiger partial charge on any atom is 0.322 e. The van der Waals surface area contributed by atoms with Gasteiger partial charge in [0.2, 0.25) is 0 Å². The second-order valence-electron chi connectivity index (χ2n) is 6.57. The highest BCUT2D eigenvalue weighted by Gasteiger charge is 2.32. The van der Waals surface area contributed by atoms with Crippen LogP contribution in [0.25, 0.3) is 0 Å². The van der Waals surface area contributed by atoms with Crippen LogP contribution in [0.4, 0.5) is 14.9 Å². The van der Waals surface area contributed by atoms with Crippen molar-refractivity contribution in [2.75, 3.05) is 11.9 Å². The van der Waals surface area contributed by atoms with Gasteiger partial charge in [0.25, 0.3) is 0 Å². The van der Waals surface area contributed by atoms with Gasteiger partial charge in [-0.1, -0.05) is 29.8 Å². The lowest BCUT2D eigenvalue weighted by Crippen LogP contribution is -2.44. The van der Waals surface area contributed by atoms with Crippen molar-refractivity contribution in [3.05, 3.63) is 89.5 Å². The Bertz CT molecular complexity index is 915. The van der Waals surface area contributed by atoms with Crippen molar-refractivity contribution in [1.29, 1.82) is 0 Å². The average Bonchev–Trinajstić information content (AvgIpc) is 3.12. The van der Waals surface area contributed by atoms with E-state index in [1.165, 1.54) is 17.7 Å². The average molecular weight is 349 g/mol. The maximum absolute atomic E-state index is 13.1. The second kappa shape index (κ2) is 6.67. The lowest BCUT2D eigenvalue weighted by Gasteiger charge is -2.37. The Morgan fingerprint density at radius 2 is 1.77 bits per heavy atom. The molecule has 0 radical (unpaired) electrons. The zero-order valence-corrected chi connectivity index (χ0v) is 14.5. The lowest BCUT2D eigenvalue weighted by molar-refractivity contribution is 0.182. The molecule has 1 aliphatic rings. The van der Waals surface area contributed by atoms with E-state index in [-0.39, 0.29) is 17.9 Å². The predicted molar refractivity (Wildman–Crippen MR) is 99.6 cm³/mol. The van der Waals surface area contributed by atoms with E-state index in [0.29, 0.717) is 12.2 Å². The Balaban J connectivity index is 1.66. The van der Waals surface area contributed by atoms with E-state index in [0.717, 1.165) is 17.8 Å². The van der Waals surface area contributed by atoms with Crippen LogP contribution in [0.5, 0.6) is 0 Å². The van der Waals surface area contributed by atoms with Crippen LogP contribution in [-0.2, 0) is 6.54 Å². The van der Waals surface area contributed by atoms with Crippen molar-refractivity contribution in [1.82, 2.24) is 9.47 Å². The highest BCUT2D eigenvalue weighted by Crippen LogP contribution is 2.33. The zero-order chi connectivity index (χ0) is 18.1. The monoisotopic (exact) mass is 349 g/mol. The van der Waals surface area contributed by atoms with E-state index in [4.69, 9.17) is 0 Å². The maximum atomic E-state index is 13.1. The summed E-state index contributed by atoms with van der Waals surface area (Å²) in [7, 11) is 0. The van der Waals surface area contributed by atoms with Gasteiger partial charge in [-0.25, -0.2) is 9.18 Å². The first-order chi connectivity index (χ1) is 12.6. The normalized spacial score (nSPS) is 16.2. The van der Waals surface area contributed by atoms with E-state index in [1.54, 1.807) is 12.1 Å². The second-order valence-corrected chi connectivity index (χ2v) is 6.57. The van der Waals surface area contributed by atoms with Gasteiger partial charge >= 0.3 is 6.03 Å². The van der Waals surface area contributed by atoms with Crippen molar-refractivity contribution >= 4 is 11.7 Å². The van der Waals surface area contributed by atoms with Crippen LogP contribution in [0.15, 0.2) is 66.9 Å². The molecule has 4 nitrogen and oxygen atoms in total. The molecule has 2 heterocycles. The molecule has 1 atom stereocenters. The van der Waals surface area contributed by atoms with Crippen LogP contribution in [0, 0.1) is 12.7 Å². The molecule has 0 unspecified atom stereocenters. The smallest absolute Gasteiger partial charge is 0.322 e. The topological polar surface area (TPSA) is 37.3 Å². The number of rotatable bonds is 2. The van der Waals surface area contributed by atoms with E-state index >= 15 is 0 Å². The molecule has 1 aliphatic heterocycles. The number of halogens is 1. The quantitative estimate of drug-likeness (QED) is 0.723. The van der Waals surface area contributed by atoms with E-state index in [9.17, 15) is 9.18 Å². The number of fused-ring (bicyclic) bond motifs is 1. The van der Waals surface area contributed by atoms with Crippen molar-refractivity contribution < 1.29 is 9.18 Å². The van der Waals surface area contributed by atoms with Crippen molar-refractivity contribution in [3.63, 3.8) is 0 Å². The van der Waals surface area contributed by atoms with Crippen LogP contribution >= 0.6 is 0 Å². The van der Waals surface area contributed by atoms with E-state index < -0.39 is 0 Å². The molecule has 0 spiro atoms. The third kappa shape index (κ3) is 3.08. The summed E-state index contributed by atoms with van der Waals surface area (Å²) in [6.45, 7) is 3.40. The Morgan fingerprint density at radius 3 is 2.50 bits per heavy atom. The molecule has 0 aliphatic carbocycles. The van der Waals surface area contributed by atoms with Crippen molar-refractivity contribution in [2.24, 2.45) is 0 Å². The molecular formula is C21H20FN3O. The molecule has 0 saturated heterocycles. The van der Waals surface area contributed by atoms with Gasteiger partial charge in [0.15, 0.2) is 0 Å². The van der Waals surface area contributed by atoms with Gasteiger partial charge in [0.05, 0.1) is 6.04 Å². The fourth-order valence-electron chi connectivity index (χ4n) is 3.43. The van der Waals surface area contributed by atoms with Crippen LogP contribution in [0.1, 0.15) is 22.9 Å². The summed E-state index contributed by atoms with van der Waals surface area (Å²) in [6.07, 6.45) is 2.05. The number of aryl methyl sites for hydroxylation is 1. The number of urea groups is 1. The number of aromatic nitrogens is 1. The summed E-state index contributed by atoms with van der Waals surface area (Å²) in [5.41, 5.74) is 3.93. The summed E-state index contributed by atoms with van der Waals surface area (Å²) in [6, 6.07) is 17.8. The minimum Gasteiger partial charge on any atom is -0.348 e. The first-order valence-corrected chi connectivity index (χ1v) is 8.66. The van der Waals surface area contributed by atoms with Gasteiger partial charge in [-0.2, -0.15) is 0 Å². The van der Waals surface area contributed by atoms with Gasteiger partial charge in [0, 0.05) is 30.7 Å². The SMILES string of the molecule is Cc1ccc([C@@H]2c3cccn3CCN2C(=O)Nc2ccc(F)cc2)cc1. The highest BCUT2D eigenvalue weighted by atomic mass is 19.1. The molecule has 5 heteroatoms. The number of amides is 2. The van der Waals surface area contributed by atoms with Crippen LogP contribution in [0.2, 0.25) is 0 Å². The molecule has 0 fully saturated rings. The summed E-state index contributed by atoms with van der Waals surface area (Å²) < 4.78 is 15.3. The molecule has 2 amide bonds. The molecule has 3 aromatic rings. The first-order valence-electron chi connectivity index (χ1n) is 8.66. The molecule has 132 valence electrons. The molecule has 4 rings (SSSR count). The molecule has 0 bridgehead atoms. The number of hydrogen-bond acceptors (Lipinski definition) is 1. The largest absolute Gasteiger partial charge is 0.348 e. The lowest BCUT2D eigenvalue weighted by atomic mass is 9.99. The number of anilines is 1. The van der Waals surface area contributed by atoms with Crippen molar-refractivity contribution in [2.45, 2.75) is 19.5 Å². The third-order valence-electron chi connectivity index (χ3n) is 4.79. The minimum atomic E-state index is -0.323. The van der Waals surface area contributed by atoms with E-state index in [1.807, 2.05) is 24.1 Å². The number of hydrogen-bond donors (Lipinski definition) is 1. The molecule has 2 aromatic carbocycles. The summed E-state index contributed by atoms with van der Waals surface area (Å²) in [4.78, 5) is 14.8. The molecular weight excluding hydrogens is 329 g/mol. The fraction of sp³-hybridized carbons (Fsp3) is 0.190. The number of carbonyl (C=O) groups is 1. The molecule has 26 heavy (non-hydrogen) atoms. The van der Waals surface area contributed by atoms with Gasteiger partial charge < -0.3 is 14.8 Å². The van der Waals surface area contributed by atoms with Gasteiger partial charge in [-0.15, -0.1) is 0 Å². The predicted octanol–water partition coefficient (Wildman–Crippen LogP) is 4.57. The van der Waals surface area contributed by atoms with Crippen LogP contribution < -0.4 is 5.32 Å². The summed E-state index contributed by atoms with van der Waals surface area (Å²) in [5.74, 6) is -0.323. The minimum absolute atomic E-state index is 0.153. The zero-order valence-electron chi connectivity index (χ0n) is 14.5. The first kappa shape index (κ1) is 16.4. The molecule has 1 aromatic heterocycles. The van der Waals surface area contributed by atoms with Crippen molar-refractivity contribution in [3.8, 4) is 0 Å². The summed E-state index contributed by atoms with van der Waals surface area (Å²) in [5, 5.41) is 2.88. The highest BCUT2D eigenvalue weighted by molar-refractivity contribution is 5.90. The number of carbonyl (C=O) groups excluding carboxylic acids is 1. The Morgan fingerprint density at radius 1 is 1.04 bits per heavy atom. The van der Waals surface area contributed by atoms with Crippen LogP contribution in [-0.4, -0.2) is 22.0 Å². The number of benzene rings is 2. The Kier molecular flexibility index (Phi) is 4.21. The number of nitrogens with zero attached hydrogens (tertiary/aromatic N) is 2.